The van der Waals surface area contributed by atoms with E-state index < -0.39 is 5.97 Å². The summed E-state index contributed by atoms with van der Waals surface area (Å²) in [6.07, 6.45) is 4.19. The van der Waals surface area contributed by atoms with Crippen molar-refractivity contribution in [2.24, 2.45) is 7.05 Å². The van der Waals surface area contributed by atoms with Crippen LogP contribution in [0.4, 0.5) is 5.82 Å². The predicted octanol–water partition coefficient (Wildman–Crippen LogP) is 1.69. The minimum atomic E-state index is -0.973. The van der Waals surface area contributed by atoms with Gasteiger partial charge in [0.05, 0.1) is 11.3 Å². The van der Waals surface area contributed by atoms with Gasteiger partial charge in [0.2, 0.25) is 0 Å². The van der Waals surface area contributed by atoms with Crippen molar-refractivity contribution in [3.05, 3.63) is 41.3 Å². The Balaban J connectivity index is 2.03. The molecule has 0 spiro atoms. The molecule has 0 saturated carbocycles. The summed E-state index contributed by atoms with van der Waals surface area (Å²) in [7, 11) is 1.89. The second-order valence-corrected chi connectivity index (χ2v) is 4.22. The number of aromatic carboxylic acids is 1. The van der Waals surface area contributed by atoms with E-state index in [1.54, 1.807) is 10.7 Å². The number of hydrogen-bond donors (Lipinski definition) is 2. The Bertz CT molecular complexity index is 575. The summed E-state index contributed by atoms with van der Waals surface area (Å²) in [5.41, 5.74) is 2.35. The van der Waals surface area contributed by atoms with Crippen LogP contribution in [-0.4, -0.2) is 25.8 Å². The van der Waals surface area contributed by atoms with Gasteiger partial charge in [-0.1, -0.05) is 6.92 Å². The molecule has 2 N–H and O–H groups in total. The van der Waals surface area contributed by atoms with Crippen LogP contribution in [0, 0.1) is 0 Å². The fourth-order valence-corrected chi connectivity index (χ4v) is 1.84. The van der Waals surface area contributed by atoms with Gasteiger partial charge in [0, 0.05) is 31.5 Å². The third-order valence-electron chi connectivity index (χ3n) is 2.80. The van der Waals surface area contributed by atoms with Gasteiger partial charge in [-0.15, -0.1) is 0 Å². The van der Waals surface area contributed by atoms with E-state index in [0.717, 1.165) is 17.7 Å². The molecule has 0 atom stereocenters. The number of aromatic nitrogens is 3. The van der Waals surface area contributed by atoms with Crippen molar-refractivity contribution < 1.29 is 9.90 Å². The first kappa shape index (κ1) is 13.1. The van der Waals surface area contributed by atoms with Gasteiger partial charge in [-0.2, -0.15) is 5.10 Å². The quantitative estimate of drug-likeness (QED) is 0.855. The van der Waals surface area contributed by atoms with Crippen LogP contribution in [0.3, 0.4) is 0 Å². The SMILES string of the molecule is CCc1nn(C)cc1CNc1ccc(C(=O)O)cn1. The molecule has 0 fully saturated rings. The van der Waals surface area contributed by atoms with Crippen LogP contribution in [-0.2, 0) is 20.0 Å². The highest BCUT2D eigenvalue weighted by atomic mass is 16.4. The first-order valence-corrected chi connectivity index (χ1v) is 6.04. The summed E-state index contributed by atoms with van der Waals surface area (Å²) < 4.78 is 1.79. The summed E-state index contributed by atoms with van der Waals surface area (Å²) in [5.74, 6) is -0.324. The molecule has 6 nitrogen and oxygen atoms in total. The average molecular weight is 260 g/mol. The van der Waals surface area contributed by atoms with E-state index in [-0.39, 0.29) is 5.56 Å². The van der Waals surface area contributed by atoms with E-state index in [9.17, 15) is 4.79 Å². The molecule has 0 aliphatic heterocycles. The number of carboxylic acids is 1. The molecule has 2 aromatic rings. The van der Waals surface area contributed by atoms with Crippen molar-refractivity contribution in [3.63, 3.8) is 0 Å². The van der Waals surface area contributed by atoms with Gasteiger partial charge >= 0.3 is 5.97 Å². The van der Waals surface area contributed by atoms with Gasteiger partial charge in [-0.3, -0.25) is 4.68 Å². The Hall–Kier alpha value is -2.37. The number of rotatable bonds is 5. The maximum atomic E-state index is 10.7. The van der Waals surface area contributed by atoms with Gasteiger partial charge in [0.1, 0.15) is 5.82 Å². The van der Waals surface area contributed by atoms with E-state index in [1.165, 1.54) is 12.3 Å². The first-order chi connectivity index (χ1) is 9.10. The summed E-state index contributed by atoms with van der Waals surface area (Å²) in [5, 5.41) is 16.3. The molecular formula is C13H16N4O2. The van der Waals surface area contributed by atoms with E-state index >= 15 is 0 Å². The van der Waals surface area contributed by atoms with Gasteiger partial charge in [0.15, 0.2) is 0 Å². The lowest BCUT2D eigenvalue weighted by molar-refractivity contribution is 0.0696. The first-order valence-electron chi connectivity index (χ1n) is 6.04. The zero-order valence-electron chi connectivity index (χ0n) is 10.9. The zero-order chi connectivity index (χ0) is 13.8. The van der Waals surface area contributed by atoms with E-state index in [1.807, 2.05) is 13.2 Å². The van der Waals surface area contributed by atoms with Crippen LogP contribution in [0.15, 0.2) is 24.5 Å². The lowest BCUT2D eigenvalue weighted by Gasteiger charge is -2.05. The van der Waals surface area contributed by atoms with Gasteiger partial charge in [-0.25, -0.2) is 9.78 Å². The van der Waals surface area contributed by atoms with Gasteiger partial charge in [-0.05, 0) is 18.6 Å². The summed E-state index contributed by atoms with van der Waals surface area (Å²) in [6.45, 7) is 2.68. The molecule has 6 heteroatoms. The molecule has 0 unspecified atom stereocenters. The van der Waals surface area contributed by atoms with Crippen molar-refractivity contribution in [2.75, 3.05) is 5.32 Å². The number of pyridine rings is 1. The largest absolute Gasteiger partial charge is 0.478 e. The lowest BCUT2D eigenvalue weighted by Crippen LogP contribution is -2.04. The molecule has 100 valence electrons. The van der Waals surface area contributed by atoms with Crippen LogP contribution in [0.5, 0.6) is 0 Å². The Morgan fingerprint density at radius 3 is 2.84 bits per heavy atom. The molecule has 2 rings (SSSR count). The number of anilines is 1. The molecule has 19 heavy (non-hydrogen) atoms. The minimum absolute atomic E-state index is 0.182. The smallest absolute Gasteiger partial charge is 0.337 e. The number of nitrogens with one attached hydrogen (secondary N) is 1. The highest BCUT2D eigenvalue weighted by Gasteiger charge is 2.06. The minimum Gasteiger partial charge on any atom is -0.478 e. The third-order valence-corrected chi connectivity index (χ3v) is 2.80. The monoisotopic (exact) mass is 260 g/mol. The standard InChI is InChI=1S/C13H16N4O2/c1-3-11-10(8-17(2)16-11)7-15-12-5-4-9(6-14-12)13(18)19/h4-6,8H,3,7H2,1-2H3,(H,14,15)(H,18,19). The second-order valence-electron chi connectivity index (χ2n) is 4.22. The molecule has 2 heterocycles. The molecule has 0 amide bonds. The van der Waals surface area contributed by atoms with Crippen LogP contribution < -0.4 is 5.32 Å². The zero-order valence-corrected chi connectivity index (χ0v) is 10.9. The number of carboxylic acid groups (broad SMARTS) is 1. The third kappa shape index (κ3) is 3.09. The van der Waals surface area contributed by atoms with Crippen LogP contribution >= 0.6 is 0 Å². The van der Waals surface area contributed by atoms with Gasteiger partial charge < -0.3 is 10.4 Å². The van der Waals surface area contributed by atoms with Crippen LogP contribution in [0.2, 0.25) is 0 Å². The Morgan fingerprint density at radius 2 is 2.26 bits per heavy atom. The van der Waals surface area contributed by atoms with Crippen LogP contribution in [0.1, 0.15) is 28.5 Å². The van der Waals surface area contributed by atoms with Crippen molar-refractivity contribution in [1.82, 2.24) is 14.8 Å². The van der Waals surface area contributed by atoms with E-state index in [0.29, 0.717) is 12.4 Å². The average Bonchev–Trinajstić information content (AvgIpc) is 2.77. The summed E-state index contributed by atoms with van der Waals surface area (Å²) >= 11 is 0. The van der Waals surface area contributed by atoms with Crippen molar-refractivity contribution in [2.45, 2.75) is 19.9 Å². The molecule has 0 aliphatic carbocycles. The highest BCUT2D eigenvalue weighted by Crippen LogP contribution is 2.11. The molecule has 0 bridgehead atoms. The highest BCUT2D eigenvalue weighted by molar-refractivity contribution is 5.87. The molecule has 0 saturated heterocycles. The maximum absolute atomic E-state index is 10.7. The Morgan fingerprint density at radius 1 is 1.47 bits per heavy atom. The number of aryl methyl sites for hydroxylation is 2. The van der Waals surface area contributed by atoms with Crippen molar-refractivity contribution in [1.29, 1.82) is 0 Å². The Kier molecular flexibility index (Phi) is 3.79. The molecule has 0 aliphatic rings. The molecular weight excluding hydrogens is 244 g/mol. The molecule has 0 aromatic carbocycles. The number of nitrogens with zero attached hydrogens (tertiary/aromatic N) is 3. The van der Waals surface area contributed by atoms with Crippen molar-refractivity contribution in [3.8, 4) is 0 Å². The van der Waals surface area contributed by atoms with Gasteiger partial charge in [0.25, 0.3) is 0 Å². The molecule has 2 aromatic heterocycles. The van der Waals surface area contributed by atoms with Crippen LogP contribution in [0.25, 0.3) is 0 Å². The fraction of sp³-hybridized carbons (Fsp3) is 0.308. The summed E-state index contributed by atoms with van der Waals surface area (Å²) in [4.78, 5) is 14.8. The normalized spacial score (nSPS) is 10.4. The predicted molar refractivity (Wildman–Crippen MR) is 71.1 cm³/mol. The van der Waals surface area contributed by atoms with E-state index in [2.05, 4.69) is 22.3 Å². The fourth-order valence-electron chi connectivity index (χ4n) is 1.84. The molecule has 0 radical (unpaired) electrons. The Labute approximate surface area is 111 Å². The number of carbonyl (C=O) groups is 1. The van der Waals surface area contributed by atoms with Crippen molar-refractivity contribution >= 4 is 11.8 Å². The summed E-state index contributed by atoms with van der Waals surface area (Å²) in [6, 6.07) is 3.19. The second kappa shape index (κ2) is 5.51. The maximum Gasteiger partial charge on any atom is 0.337 e. The van der Waals surface area contributed by atoms with E-state index in [4.69, 9.17) is 5.11 Å². The topological polar surface area (TPSA) is 80.0 Å². The lowest BCUT2D eigenvalue weighted by atomic mass is 10.2. The number of hydrogen-bond acceptors (Lipinski definition) is 4.